The highest BCUT2D eigenvalue weighted by molar-refractivity contribution is 7.89. The van der Waals surface area contributed by atoms with Crippen LogP contribution in [-0.2, 0) is 32.4 Å². The molecule has 0 amide bonds. The highest BCUT2D eigenvalue weighted by Crippen LogP contribution is 2.33. The van der Waals surface area contributed by atoms with Crippen molar-refractivity contribution in [2.24, 2.45) is 5.14 Å². The highest BCUT2D eigenvalue weighted by atomic mass is 32.2. The lowest BCUT2D eigenvalue weighted by Crippen LogP contribution is -2.12. The van der Waals surface area contributed by atoms with Crippen LogP contribution in [0.4, 0.5) is 0 Å². The number of hydrogen-bond donors (Lipinski definition) is 1. The number of carbonyl (C=O) groups is 1. The fourth-order valence-corrected chi connectivity index (χ4v) is 4.70. The third-order valence-electron chi connectivity index (χ3n) is 5.88. The van der Waals surface area contributed by atoms with Gasteiger partial charge in [-0.3, -0.25) is 4.79 Å². The molecule has 8 heteroatoms. The number of primary sulfonamides is 1. The number of benzene rings is 1. The number of unbranched alkanes of at least 4 members (excludes halogenated alkanes) is 3. The summed E-state index contributed by atoms with van der Waals surface area (Å²) in [5.74, 6) is -0.131. The first kappa shape index (κ1) is 24.9. The maximum Gasteiger partial charge on any atom is 0.305 e. The summed E-state index contributed by atoms with van der Waals surface area (Å²) in [5, 5.41) is 10.1. The first-order chi connectivity index (χ1) is 15.8. The lowest BCUT2D eigenvalue weighted by molar-refractivity contribution is -0.143. The zero-order chi connectivity index (χ0) is 24.0. The Morgan fingerprint density at radius 3 is 2.36 bits per heavy atom. The molecule has 0 bridgehead atoms. The summed E-state index contributed by atoms with van der Waals surface area (Å²) in [4.78, 5) is 11.6. The quantitative estimate of drug-likeness (QED) is 0.326. The summed E-state index contributed by atoms with van der Waals surface area (Å²) in [5.41, 5.74) is 6.28. The summed E-state index contributed by atoms with van der Waals surface area (Å²) in [6.45, 7) is 6.37. The van der Waals surface area contributed by atoms with Gasteiger partial charge in [0, 0.05) is 17.7 Å². The van der Waals surface area contributed by atoms with Gasteiger partial charge in [-0.25, -0.2) is 18.1 Å². The average Bonchev–Trinajstić information content (AvgIpc) is 3.18. The molecule has 0 aliphatic heterocycles. The molecule has 2 N–H and O–H groups in total. The van der Waals surface area contributed by atoms with Crippen LogP contribution in [0.5, 0.6) is 0 Å². The van der Waals surface area contributed by atoms with Gasteiger partial charge in [0.25, 0.3) is 0 Å². The zero-order valence-corrected chi connectivity index (χ0v) is 20.5. The number of esters is 1. The van der Waals surface area contributed by atoms with E-state index in [1.165, 1.54) is 0 Å². The van der Waals surface area contributed by atoms with Crippen molar-refractivity contribution in [3.05, 3.63) is 53.3 Å². The van der Waals surface area contributed by atoms with Crippen LogP contribution in [0, 0.1) is 6.92 Å². The molecule has 0 fully saturated rings. The van der Waals surface area contributed by atoms with Gasteiger partial charge < -0.3 is 4.74 Å². The van der Waals surface area contributed by atoms with Crippen LogP contribution in [0.2, 0.25) is 0 Å². The van der Waals surface area contributed by atoms with Crippen molar-refractivity contribution in [2.45, 2.75) is 70.6 Å². The van der Waals surface area contributed by atoms with E-state index in [1.54, 1.807) is 12.1 Å². The molecule has 0 aliphatic rings. The Balaban J connectivity index is 1.86. The topological polar surface area (TPSA) is 104 Å². The minimum absolute atomic E-state index is 0.0980. The minimum Gasteiger partial charge on any atom is -0.466 e. The minimum atomic E-state index is -3.75. The van der Waals surface area contributed by atoms with Gasteiger partial charge in [-0.05, 0) is 74.9 Å². The molecule has 178 valence electrons. The summed E-state index contributed by atoms with van der Waals surface area (Å²) in [7, 11) is -3.75. The second kappa shape index (κ2) is 10.9. The number of fused-ring (bicyclic) bond motifs is 1. The molecule has 0 unspecified atom stereocenters. The number of sulfonamides is 1. The Morgan fingerprint density at radius 1 is 1.03 bits per heavy atom. The van der Waals surface area contributed by atoms with Crippen molar-refractivity contribution in [2.75, 3.05) is 6.61 Å². The number of rotatable bonds is 11. The lowest BCUT2D eigenvalue weighted by Gasteiger charge is -2.16. The predicted octanol–water partition coefficient (Wildman–Crippen LogP) is 4.58. The number of carbonyl (C=O) groups excluding carboxylic acids is 1. The normalized spacial score (nSPS) is 11.8. The van der Waals surface area contributed by atoms with Gasteiger partial charge in [-0.15, -0.1) is 0 Å². The monoisotopic (exact) mass is 471 g/mol. The Kier molecular flexibility index (Phi) is 8.26. The average molecular weight is 472 g/mol. The molecular weight excluding hydrogens is 438 g/mol. The zero-order valence-electron chi connectivity index (χ0n) is 19.6. The molecular formula is C25H33N3O4S. The van der Waals surface area contributed by atoms with Crippen LogP contribution in [-0.4, -0.2) is 30.6 Å². The molecule has 33 heavy (non-hydrogen) atoms. The Morgan fingerprint density at radius 2 is 1.73 bits per heavy atom. The summed E-state index contributed by atoms with van der Waals surface area (Å²) >= 11 is 0. The molecule has 0 spiro atoms. The fraction of sp³-hybridized carbons (Fsp3) is 0.440. The smallest absolute Gasteiger partial charge is 0.305 e. The maximum absolute atomic E-state index is 11.7. The molecule has 0 saturated heterocycles. The van der Waals surface area contributed by atoms with Crippen molar-refractivity contribution in [3.8, 4) is 11.1 Å². The van der Waals surface area contributed by atoms with E-state index in [0.29, 0.717) is 13.0 Å². The van der Waals surface area contributed by atoms with Crippen molar-refractivity contribution in [3.63, 3.8) is 0 Å². The third-order valence-corrected chi connectivity index (χ3v) is 6.80. The third kappa shape index (κ3) is 6.00. The molecule has 1 aromatic carbocycles. The molecule has 2 aromatic heterocycles. The standard InChI is InChI=1S/C25H33N3O4S/c1-4-20-14-17-23-25(19-12-15-21(16-13-19)33(26,30)31)22(18(3)27-28(20)23)10-8-6-7-9-11-24(29)32-5-2/h12-17H,4-11H2,1-3H3,(H2,26,30,31). The number of hydrogen-bond acceptors (Lipinski definition) is 5. The van der Waals surface area contributed by atoms with E-state index in [1.807, 2.05) is 30.5 Å². The van der Waals surface area contributed by atoms with E-state index in [-0.39, 0.29) is 10.9 Å². The van der Waals surface area contributed by atoms with Crippen LogP contribution < -0.4 is 5.14 Å². The van der Waals surface area contributed by atoms with Crippen molar-refractivity contribution in [1.29, 1.82) is 0 Å². The fourth-order valence-electron chi connectivity index (χ4n) is 4.19. The summed E-state index contributed by atoms with van der Waals surface area (Å²) < 4.78 is 30.4. The van der Waals surface area contributed by atoms with E-state index in [0.717, 1.165) is 72.1 Å². The highest BCUT2D eigenvalue weighted by Gasteiger charge is 2.17. The summed E-state index contributed by atoms with van der Waals surface area (Å²) in [6.07, 6.45) is 5.97. The molecule has 0 aliphatic carbocycles. The predicted molar refractivity (Wildman–Crippen MR) is 130 cm³/mol. The Bertz CT molecular complexity index is 1210. The molecule has 0 saturated carbocycles. The van der Waals surface area contributed by atoms with Crippen LogP contribution in [0.3, 0.4) is 0 Å². The SMILES string of the molecule is CCOC(=O)CCCCCCc1c(C)nn2c(CC)ccc2c1-c1ccc(S(N)(=O)=O)cc1. The Hall–Kier alpha value is -2.71. The van der Waals surface area contributed by atoms with E-state index in [4.69, 9.17) is 15.0 Å². The van der Waals surface area contributed by atoms with Crippen molar-refractivity contribution >= 4 is 21.5 Å². The number of aryl methyl sites for hydroxylation is 2. The van der Waals surface area contributed by atoms with Gasteiger partial charge in [0.05, 0.1) is 22.7 Å². The van der Waals surface area contributed by atoms with E-state index in [2.05, 4.69) is 19.1 Å². The molecule has 7 nitrogen and oxygen atoms in total. The van der Waals surface area contributed by atoms with E-state index in [9.17, 15) is 13.2 Å². The number of nitrogens with two attached hydrogens (primary N) is 1. The van der Waals surface area contributed by atoms with Gasteiger partial charge in [0.15, 0.2) is 0 Å². The van der Waals surface area contributed by atoms with Gasteiger partial charge >= 0.3 is 5.97 Å². The number of aromatic nitrogens is 2. The molecule has 3 rings (SSSR count). The van der Waals surface area contributed by atoms with Gasteiger partial charge in [-0.2, -0.15) is 5.10 Å². The van der Waals surface area contributed by atoms with Crippen LogP contribution in [0.25, 0.3) is 16.6 Å². The van der Waals surface area contributed by atoms with Crippen LogP contribution in [0.15, 0.2) is 41.3 Å². The summed E-state index contributed by atoms with van der Waals surface area (Å²) in [6, 6.07) is 10.9. The first-order valence-corrected chi connectivity index (χ1v) is 13.1. The second-order valence-electron chi connectivity index (χ2n) is 8.20. The van der Waals surface area contributed by atoms with Crippen molar-refractivity contribution < 1.29 is 17.9 Å². The van der Waals surface area contributed by atoms with Crippen LogP contribution >= 0.6 is 0 Å². The number of nitrogens with zero attached hydrogens (tertiary/aromatic N) is 2. The molecule has 3 aromatic rings. The van der Waals surface area contributed by atoms with Crippen molar-refractivity contribution in [1.82, 2.24) is 9.61 Å². The second-order valence-corrected chi connectivity index (χ2v) is 9.76. The van der Waals surface area contributed by atoms with E-state index >= 15 is 0 Å². The Labute approximate surface area is 196 Å². The number of ether oxygens (including phenoxy) is 1. The molecule has 0 atom stereocenters. The largest absolute Gasteiger partial charge is 0.466 e. The molecule has 0 radical (unpaired) electrons. The van der Waals surface area contributed by atoms with Gasteiger partial charge in [0.2, 0.25) is 10.0 Å². The first-order valence-electron chi connectivity index (χ1n) is 11.5. The van der Waals surface area contributed by atoms with Gasteiger partial charge in [-0.1, -0.05) is 31.9 Å². The van der Waals surface area contributed by atoms with Crippen LogP contribution in [0.1, 0.15) is 62.9 Å². The lowest BCUT2D eigenvalue weighted by atomic mass is 9.94. The molecule has 2 heterocycles. The van der Waals surface area contributed by atoms with Gasteiger partial charge in [0.1, 0.15) is 0 Å². The maximum atomic E-state index is 11.7. The van der Waals surface area contributed by atoms with E-state index < -0.39 is 10.0 Å².